The fourth-order valence-corrected chi connectivity index (χ4v) is 10.9. The molecule has 0 bridgehead atoms. The first-order valence-corrected chi connectivity index (χ1v) is 39.7. The first-order valence-electron chi connectivity index (χ1n) is 38.1. The Balaban J connectivity index is -0.000000594. The average molecular weight is 1550 g/mol. The van der Waals surface area contributed by atoms with Crippen LogP contribution in [0.15, 0.2) is 24.3 Å². The number of aryl methyl sites for hydroxylation is 1. The van der Waals surface area contributed by atoms with Crippen molar-refractivity contribution in [2.45, 2.75) is 267 Å². The van der Waals surface area contributed by atoms with Gasteiger partial charge in [0.1, 0.15) is 30.8 Å². The number of Topliss-reactive ketones (excluding diaryl/α,β-unsaturated/α-hetero) is 5. The Morgan fingerprint density at radius 1 is 0.523 bits per heavy atom. The van der Waals surface area contributed by atoms with E-state index in [1.165, 1.54) is 13.8 Å². The summed E-state index contributed by atoms with van der Waals surface area (Å²) in [5.74, 6) is -4.31. The number of amidine groups is 1. The number of carbonyl (C=O) groups excluding carboxylic acids is 10. The molecule has 0 saturated carbocycles. The standard InChI is InChI=1S/C42H77N3O14S.C20H32N4O2.C9H15NO4.C6H12O.2H2/c1-35(36(2)46)19-15-16-24-43-41(50)34-59-31-28-56-26-18-20-37(47)33-58-30-29-57-27-25-44-39(48)23-22-38(42(51)52)45-40(49)21-14-12-10-8-6-4-3-5-7-9-11-13-17-32-60(53,54)55;1-14-8-10-15(11-9-14)12-16(20(23)26)13-18(25)17(24(2)3)6-4-5-7-19(21)22;1-5(9(13)14)4-8(12)10-6(2)7(3)11;1-5(2)4-6(3)7;;/h35,38H,3-34H2,1-2H3,(H,43,50)(H,44,48)(H,45,49)(H,51,52)(H,53,54,55);8-11,16-17H,4-7,12-13H2,1-3H3,(H3,21,22)(H2,23,26);5-6H,4H2,1-3H3,(H,10,12)(H,13,14);5H,4H2,1-3H3;2*1H/t35-,38-;16-,17+;5-,6+;;;/m011.../s1. The number of carbonyl (C=O) groups is 12. The molecule has 620 valence electrons. The molecule has 5 amide bonds. The quantitative estimate of drug-likeness (QED) is 0.0126. The number of nitrogens with zero attached hydrogens (tertiary/aromatic N) is 1. The van der Waals surface area contributed by atoms with E-state index in [2.05, 4.69) is 21.3 Å². The molecule has 1 aromatic rings. The van der Waals surface area contributed by atoms with E-state index in [1.807, 2.05) is 71.0 Å². The van der Waals surface area contributed by atoms with E-state index < -0.39 is 57.8 Å². The maximum atomic E-state index is 12.8. The maximum Gasteiger partial charge on any atom is 0.326 e. The second-order valence-corrected chi connectivity index (χ2v) is 29.7. The molecule has 0 fully saturated rings. The fraction of sp³-hybridized carbons (Fsp3) is 0.753. The summed E-state index contributed by atoms with van der Waals surface area (Å²) < 4.78 is 51.6. The number of likely N-dealkylation sites (N-methyl/N-ethyl adjacent to an activating group) is 1. The molecule has 6 atom stereocenters. The van der Waals surface area contributed by atoms with E-state index >= 15 is 0 Å². The Morgan fingerprint density at radius 2 is 1.05 bits per heavy atom. The lowest BCUT2D eigenvalue weighted by Gasteiger charge is -2.24. The van der Waals surface area contributed by atoms with Gasteiger partial charge in [-0.25, -0.2) is 4.79 Å². The van der Waals surface area contributed by atoms with Crippen molar-refractivity contribution in [3.8, 4) is 0 Å². The van der Waals surface area contributed by atoms with Gasteiger partial charge in [0.2, 0.25) is 29.5 Å². The lowest BCUT2D eigenvalue weighted by Crippen LogP contribution is -2.41. The summed E-state index contributed by atoms with van der Waals surface area (Å²) in [6.07, 6.45) is 20.3. The minimum atomic E-state index is -3.85. The van der Waals surface area contributed by atoms with Crippen LogP contribution >= 0.6 is 0 Å². The summed E-state index contributed by atoms with van der Waals surface area (Å²) in [4.78, 5) is 140. The van der Waals surface area contributed by atoms with Crippen LogP contribution in [-0.4, -0.2) is 208 Å². The van der Waals surface area contributed by atoms with Crippen molar-refractivity contribution in [3.05, 3.63) is 35.4 Å². The third kappa shape index (κ3) is 69.3. The number of rotatable bonds is 63. The Morgan fingerprint density at radius 3 is 1.54 bits per heavy atom. The summed E-state index contributed by atoms with van der Waals surface area (Å²) >= 11 is 0. The molecule has 1 aromatic carbocycles. The van der Waals surface area contributed by atoms with Crippen molar-refractivity contribution < 1.29 is 103 Å². The Labute approximate surface area is 640 Å². The number of aliphatic carboxylic acids is 2. The predicted molar refractivity (Wildman–Crippen MR) is 416 cm³/mol. The zero-order valence-corrected chi connectivity index (χ0v) is 67.2. The smallest absolute Gasteiger partial charge is 0.326 e. The molecule has 0 spiro atoms. The molecule has 0 radical (unpaired) electrons. The first kappa shape index (κ1) is 104. The zero-order chi connectivity index (χ0) is 81.5. The molecule has 0 aliphatic carbocycles. The topological polar surface area (TPSA) is 464 Å². The molecule has 29 nitrogen and oxygen atoms in total. The summed E-state index contributed by atoms with van der Waals surface area (Å²) in [5, 5.41) is 35.7. The largest absolute Gasteiger partial charge is 0.481 e. The van der Waals surface area contributed by atoms with E-state index in [0.717, 1.165) is 120 Å². The van der Waals surface area contributed by atoms with Crippen LogP contribution in [0.1, 0.15) is 249 Å². The van der Waals surface area contributed by atoms with Crippen LogP contribution < -0.4 is 32.7 Å². The van der Waals surface area contributed by atoms with Crippen molar-refractivity contribution in [2.75, 3.05) is 85.8 Å². The van der Waals surface area contributed by atoms with Crippen molar-refractivity contribution in [2.24, 2.45) is 35.1 Å². The summed E-state index contributed by atoms with van der Waals surface area (Å²) in [6.45, 7) is 17.8. The number of carboxylic acids is 2. The monoisotopic (exact) mass is 1540 g/mol. The highest BCUT2D eigenvalue weighted by molar-refractivity contribution is 7.85. The normalized spacial score (nSPS) is 12.7. The number of nitrogens with one attached hydrogen (secondary N) is 5. The molecule has 12 N–H and O–H groups in total. The number of unbranched alkanes of at least 4 members (excludes halogenated alkanes) is 14. The molecular weight excluding hydrogens is 1400 g/mol. The number of benzene rings is 1. The van der Waals surface area contributed by atoms with Gasteiger partial charge in [-0.2, -0.15) is 8.42 Å². The molecular formula is C77H140N8O21S. The van der Waals surface area contributed by atoms with Gasteiger partial charge < -0.3 is 66.7 Å². The summed E-state index contributed by atoms with van der Waals surface area (Å²) in [5.41, 5.74) is 13.1. The summed E-state index contributed by atoms with van der Waals surface area (Å²) in [7, 11) is -0.109. The minimum Gasteiger partial charge on any atom is -0.481 e. The molecule has 30 heteroatoms. The molecule has 0 aliphatic rings. The van der Waals surface area contributed by atoms with E-state index in [1.54, 1.807) is 20.8 Å². The predicted octanol–water partition coefficient (Wildman–Crippen LogP) is 9.06. The third-order valence-electron chi connectivity index (χ3n) is 17.0. The van der Waals surface area contributed by atoms with Crippen LogP contribution in [0.4, 0.5) is 0 Å². The van der Waals surface area contributed by atoms with E-state index in [9.17, 15) is 71.1 Å². The number of nitrogens with two attached hydrogens (primary N) is 2. The summed E-state index contributed by atoms with van der Waals surface area (Å²) in [6, 6.07) is 5.98. The molecule has 0 heterocycles. The zero-order valence-electron chi connectivity index (χ0n) is 66.3. The van der Waals surface area contributed by atoms with Crippen LogP contribution in [0.5, 0.6) is 0 Å². The molecule has 0 aromatic heterocycles. The van der Waals surface area contributed by atoms with Gasteiger partial charge in [-0.15, -0.1) is 0 Å². The van der Waals surface area contributed by atoms with Gasteiger partial charge in [-0.05, 0) is 118 Å². The van der Waals surface area contributed by atoms with Crippen LogP contribution in [0.2, 0.25) is 0 Å². The number of hydrogen-bond acceptors (Lipinski definition) is 20. The van der Waals surface area contributed by atoms with E-state index in [4.69, 9.17) is 45.5 Å². The van der Waals surface area contributed by atoms with Gasteiger partial charge in [-0.3, -0.25) is 62.8 Å². The second kappa shape index (κ2) is 66.1. The van der Waals surface area contributed by atoms with Gasteiger partial charge in [-0.1, -0.05) is 141 Å². The Hall–Kier alpha value is -6.96. The number of hydrogen-bond donors (Lipinski definition) is 10. The van der Waals surface area contributed by atoms with Crippen molar-refractivity contribution in [1.29, 1.82) is 5.41 Å². The SMILES string of the molecule is CC(=O)CC(C)C.CC(=O)[C@@H](C)CCCCNC(=O)COCCOCCCC(=O)COCCOCCNC(=O)CC[C@H](NC(=O)CCCCCCCCCCCCCCCS(=O)(=O)O)C(=O)O.CC(=O)[C@H](C)NC(=O)C[C@@H](C)C(=O)O.Cc1ccc(C[C@H](CC(=O)[C@H](CCCCC(=N)N)N(C)C)C(N)=O)cc1.[HH].[HH]. The van der Waals surface area contributed by atoms with Gasteiger partial charge in [0.05, 0.1) is 62.6 Å². The van der Waals surface area contributed by atoms with Gasteiger partial charge >= 0.3 is 11.9 Å². The first-order chi connectivity index (χ1) is 50.4. The highest BCUT2D eigenvalue weighted by Gasteiger charge is 2.27. The maximum absolute atomic E-state index is 12.8. The lowest BCUT2D eigenvalue weighted by atomic mass is 9.89. The van der Waals surface area contributed by atoms with Crippen molar-refractivity contribution in [3.63, 3.8) is 0 Å². The lowest BCUT2D eigenvalue weighted by molar-refractivity contribution is -0.143. The Bertz CT molecular complexity index is 2820. The van der Waals surface area contributed by atoms with Crippen LogP contribution in [0.3, 0.4) is 0 Å². The average Bonchev–Trinajstić information content (AvgIpc) is 0.870. The van der Waals surface area contributed by atoms with Crippen molar-refractivity contribution >= 4 is 86.3 Å². The molecule has 0 unspecified atom stereocenters. The molecule has 0 saturated heterocycles. The highest BCUT2D eigenvalue weighted by Crippen LogP contribution is 2.19. The van der Waals surface area contributed by atoms with Gasteiger partial charge in [0, 0.05) is 79.3 Å². The van der Waals surface area contributed by atoms with E-state index in [-0.39, 0.29) is 151 Å². The molecule has 107 heavy (non-hydrogen) atoms. The third-order valence-corrected chi connectivity index (χ3v) is 17.8. The fourth-order valence-electron chi connectivity index (χ4n) is 10.3. The van der Waals surface area contributed by atoms with E-state index in [0.29, 0.717) is 70.6 Å². The van der Waals surface area contributed by atoms with Crippen LogP contribution in [0, 0.1) is 36.0 Å². The number of primary amides is 1. The Kier molecular flexibility index (Phi) is 64.3. The minimum absolute atomic E-state index is 0. The van der Waals surface area contributed by atoms with Gasteiger partial charge in [0.15, 0.2) is 17.3 Å². The number of amides is 5. The molecule has 1 rings (SSSR count). The van der Waals surface area contributed by atoms with Gasteiger partial charge in [0.25, 0.3) is 10.1 Å². The number of ether oxygens (including phenoxy) is 4. The molecule has 0 aliphatic heterocycles. The second-order valence-electron chi connectivity index (χ2n) is 28.2. The number of ketones is 5. The van der Waals surface area contributed by atoms with Crippen molar-refractivity contribution in [1.82, 2.24) is 26.2 Å². The van der Waals surface area contributed by atoms with Crippen LogP contribution in [-0.2, 0) is 93.0 Å². The number of carboxylic acid groups (broad SMARTS) is 2. The van der Waals surface area contributed by atoms with Crippen LogP contribution in [0.25, 0.3) is 0 Å². The highest BCUT2D eigenvalue weighted by atomic mass is 32.2.